The van der Waals surface area contributed by atoms with Crippen molar-refractivity contribution in [3.63, 3.8) is 0 Å². The Balaban J connectivity index is 1.36. The molecule has 6 nitrogen and oxygen atoms in total. The number of hydrazine groups is 1. The number of benzene rings is 1. The van der Waals surface area contributed by atoms with Gasteiger partial charge in [-0.15, -0.1) is 11.3 Å². The van der Waals surface area contributed by atoms with E-state index >= 15 is 0 Å². The third-order valence-corrected chi connectivity index (χ3v) is 4.97. The lowest BCUT2D eigenvalue weighted by Gasteiger charge is -2.07. The maximum atomic E-state index is 11.9. The second kappa shape index (κ2) is 7.94. The largest absolute Gasteiger partial charge is 0.347 e. The van der Waals surface area contributed by atoms with Crippen LogP contribution >= 0.6 is 11.3 Å². The second-order valence-corrected chi connectivity index (χ2v) is 6.90. The van der Waals surface area contributed by atoms with Crippen LogP contribution in [0.1, 0.15) is 34.8 Å². The van der Waals surface area contributed by atoms with E-state index in [1.54, 1.807) is 41.3 Å². The van der Waals surface area contributed by atoms with Crippen molar-refractivity contribution in [1.82, 2.24) is 20.4 Å². The lowest BCUT2D eigenvalue weighted by molar-refractivity contribution is -0.121. The van der Waals surface area contributed by atoms with Gasteiger partial charge in [0.2, 0.25) is 5.91 Å². The van der Waals surface area contributed by atoms with Crippen LogP contribution in [0.25, 0.3) is 10.2 Å². The van der Waals surface area contributed by atoms with Gasteiger partial charge in [-0.05, 0) is 43.5 Å². The zero-order valence-electron chi connectivity index (χ0n) is 14.0. The second-order valence-electron chi connectivity index (χ2n) is 5.79. The van der Waals surface area contributed by atoms with Gasteiger partial charge < -0.3 is 4.57 Å². The number of thiazole rings is 1. The van der Waals surface area contributed by atoms with Gasteiger partial charge in [-0.2, -0.15) is 0 Å². The molecule has 0 unspecified atom stereocenters. The third-order valence-electron chi connectivity index (χ3n) is 3.87. The molecule has 0 saturated carbocycles. The number of hydrogen-bond donors (Lipinski definition) is 2. The highest BCUT2D eigenvalue weighted by Crippen LogP contribution is 2.22. The van der Waals surface area contributed by atoms with E-state index in [2.05, 4.69) is 21.9 Å². The van der Waals surface area contributed by atoms with Crippen LogP contribution in [0.5, 0.6) is 0 Å². The van der Waals surface area contributed by atoms with E-state index in [1.165, 1.54) is 4.70 Å². The number of rotatable bonds is 6. The summed E-state index contributed by atoms with van der Waals surface area (Å²) in [5, 5.41) is 1.10. The number of aryl methyl sites for hydroxylation is 2. The Morgan fingerprint density at radius 2 is 1.96 bits per heavy atom. The first-order chi connectivity index (χ1) is 12.1. The van der Waals surface area contributed by atoms with Crippen molar-refractivity contribution < 1.29 is 9.59 Å². The summed E-state index contributed by atoms with van der Waals surface area (Å²) in [4.78, 5) is 28.3. The van der Waals surface area contributed by atoms with Crippen LogP contribution in [0.4, 0.5) is 0 Å². The van der Waals surface area contributed by atoms with E-state index < -0.39 is 0 Å². The molecule has 7 heteroatoms. The third kappa shape index (κ3) is 4.45. The van der Waals surface area contributed by atoms with Crippen molar-refractivity contribution in [2.24, 2.45) is 7.05 Å². The molecule has 0 aliphatic heterocycles. The van der Waals surface area contributed by atoms with E-state index in [9.17, 15) is 9.59 Å². The molecule has 2 heterocycles. The number of amides is 2. The quantitative estimate of drug-likeness (QED) is 0.527. The highest BCUT2D eigenvalue weighted by molar-refractivity contribution is 7.18. The monoisotopic (exact) mass is 356 g/mol. The van der Waals surface area contributed by atoms with Crippen molar-refractivity contribution in [3.05, 3.63) is 53.3 Å². The SMILES string of the molecule is Cn1cccc1C(=O)NNC(=O)CCCCc1nc2ccccc2s1. The molecule has 3 rings (SSSR count). The van der Waals surface area contributed by atoms with E-state index in [-0.39, 0.29) is 11.8 Å². The van der Waals surface area contributed by atoms with Crippen molar-refractivity contribution in [1.29, 1.82) is 0 Å². The Morgan fingerprint density at radius 3 is 2.72 bits per heavy atom. The summed E-state index contributed by atoms with van der Waals surface area (Å²) >= 11 is 1.70. The number of carbonyl (C=O) groups is 2. The van der Waals surface area contributed by atoms with Crippen molar-refractivity contribution in [2.75, 3.05) is 0 Å². The predicted octanol–water partition coefficient (Wildman–Crippen LogP) is 2.81. The molecule has 25 heavy (non-hydrogen) atoms. The minimum atomic E-state index is -0.324. The predicted molar refractivity (Wildman–Crippen MR) is 98.2 cm³/mol. The Bertz CT molecular complexity index is 851. The first-order valence-corrected chi connectivity index (χ1v) is 9.00. The van der Waals surface area contributed by atoms with Gasteiger partial charge in [-0.1, -0.05) is 12.1 Å². The topological polar surface area (TPSA) is 76.0 Å². The summed E-state index contributed by atoms with van der Waals surface area (Å²) in [7, 11) is 1.78. The number of hydrogen-bond acceptors (Lipinski definition) is 4. The van der Waals surface area contributed by atoms with Crippen molar-refractivity contribution >= 4 is 33.4 Å². The van der Waals surface area contributed by atoms with E-state index in [0.29, 0.717) is 12.1 Å². The summed E-state index contributed by atoms with van der Waals surface area (Å²) in [5.41, 5.74) is 6.41. The normalized spacial score (nSPS) is 10.8. The van der Waals surface area contributed by atoms with Crippen LogP contribution in [0.15, 0.2) is 42.6 Å². The summed E-state index contributed by atoms with van der Waals surface area (Å²) in [5.74, 6) is -0.512. The van der Waals surface area contributed by atoms with Gasteiger partial charge in [-0.25, -0.2) is 4.98 Å². The summed E-state index contributed by atoms with van der Waals surface area (Å²) < 4.78 is 2.89. The Labute approximate surface area is 149 Å². The number of aromatic nitrogens is 2. The van der Waals surface area contributed by atoms with Crippen LogP contribution in [0.3, 0.4) is 0 Å². The number of nitrogens with one attached hydrogen (secondary N) is 2. The summed E-state index contributed by atoms with van der Waals surface area (Å²) in [6, 6.07) is 11.5. The van der Waals surface area contributed by atoms with Gasteiger partial charge >= 0.3 is 0 Å². The zero-order chi connectivity index (χ0) is 17.6. The standard InChI is InChI=1S/C18H20N4O2S/c1-22-12-6-8-14(22)18(24)21-20-16(23)10-4-5-11-17-19-13-7-2-3-9-15(13)25-17/h2-3,6-9,12H,4-5,10-11H2,1H3,(H,20,23)(H,21,24). The molecular formula is C18H20N4O2S. The van der Waals surface area contributed by atoms with Gasteiger partial charge in [-0.3, -0.25) is 20.4 Å². The molecule has 2 aromatic heterocycles. The van der Waals surface area contributed by atoms with Crippen molar-refractivity contribution in [2.45, 2.75) is 25.7 Å². The number of unbranched alkanes of at least 4 members (excludes halogenated alkanes) is 1. The van der Waals surface area contributed by atoms with E-state index in [0.717, 1.165) is 29.8 Å². The highest BCUT2D eigenvalue weighted by atomic mass is 32.1. The maximum Gasteiger partial charge on any atom is 0.286 e. The first-order valence-electron chi connectivity index (χ1n) is 8.18. The molecule has 2 N–H and O–H groups in total. The average Bonchev–Trinajstić information content (AvgIpc) is 3.22. The van der Waals surface area contributed by atoms with Gasteiger partial charge in [0.05, 0.1) is 15.2 Å². The molecule has 130 valence electrons. The zero-order valence-corrected chi connectivity index (χ0v) is 14.8. The fourth-order valence-corrected chi connectivity index (χ4v) is 3.55. The Kier molecular flexibility index (Phi) is 5.45. The van der Waals surface area contributed by atoms with Crippen LogP contribution in [-0.2, 0) is 18.3 Å². The summed E-state index contributed by atoms with van der Waals surface area (Å²) in [6.45, 7) is 0. The van der Waals surface area contributed by atoms with E-state index in [4.69, 9.17) is 0 Å². The molecule has 0 bridgehead atoms. The molecule has 0 fully saturated rings. The van der Waals surface area contributed by atoms with Crippen LogP contribution in [0, 0.1) is 0 Å². The molecule has 1 aromatic carbocycles. The maximum absolute atomic E-state index is 11.9. The molecule has 0 atom stereocenters. The lowest BCUT2D eigenvalue weighted by atomic mass is 10.2. The fraction of sp³-hybridized carbons (Fsp3) is 0.278. The molecule has 0 saturated heterocycles. The molecule has 2 amide bonds. The van der Waals surface area contributed by atoms with Crippen molar-refractivity contribution in [3.8, 4) is 0 Å². The van der Waals surface area contributed by atoms with Gasteiger partial charge in [0.25, 0.3) is 5.91 Å². The molecule has 0 aliphatic carbocycles. The molecule has 3 aromatic rings. The van der Waals surface area contributed by atoms with Crippen LogP contribution in [0.2, 0.25) is 0 Å². The highest BCUT2D eigenvalue weighted by Gasteiger charge is 2.10. The lowest BCUT2D eigenvalue weighted by Crippen LogP contribution is -2.42. The minimum absolute atomic E-state index is 0.188. The van der Waals surface area contributed by atoms with Crippen LogP contribution < -0.4 is 10.9 Å². The Hall–Kier alpha value is -2.67. The molecule has 0 aliphatic rings. The minimum Gasteiger partial charge on any atom is -0.347 e. The van der Waals surface area contributed by atoms with Crippen LogP contribution in [-0.4, -0.2) is 21.4 Å². The average molecular weight is 356 g/mol. The molecule has 0 spiro atoms. The number of nitrogens with zero attached hydrogens (tertiary/aromatic N) is 2. The van der Waals surface area contributed by atoms with Gasteiger partial charge in [0.15, 0.2) is 0 Å². The molecule has 0 radical (unpaired) electrons. The van der Waals surface area contributed by atoms with Gasteiger partial charge in [0, 0.05) is 19.7 Å². The summed E-state index contributed by atoms with van der Waals surface area (Å²) in [6.07, 6.45) is 4.65. The number of para-hydroxylation sites is 1. The number of fused-ring (bicyclic) bond motifs is 1. The van der Waals surface area contributed by atoms with Gasteiger partial charge in [0.1, 0.15) is 5.69 Å². The number of carbonyl (C=O) groups excluding carboxylic acids is 2. The molecular weight excluding hydrogens is 336 g/mol. The smallest absolute Gasteiger partial charge is 0.286 e. The Morgan fingerprint density at radius 1 is 1.12 bits per heavy atom. The first kappa shape index (κ1) is 17.2. The fourth-order valence-electron chi connectivity index (χ4n) is 2.54. The van der Waals surface area contributed by atoms with E-state index in [1.807, 2.05) is 18.2 Å².